The molecule has 164 valence electrons. The minimum atomic E-state index is -0.484. The molecule has 0 radical (unpaired) electrons. The molecule has 1 aromatic carbocycles. The Hall–Kier alpha value is -4.25. The van der Waals surface area contributed by atoms with Crippen LogP contribution in [0.1, 0.15) is 25.0 Å². The molecule has 5 rings (SSSR count). The Morgan fingerprint density at radius 1 is 1.24 bits per heavy atom. The average Bonchev–Trinajstić information content (AvgIpc) is 3.59. The number of aryl methyl sites for hydroxylation is 1. The van der Waals surface area contributed by atoms with E-state index in [1.807, 2.05) is 43.3 Å². The molecule has 1 aliphatic carbocycles. The van der Waals surface area contributed by atoms with E-state index in [1.54, 1.807) is 23.2 Å². The fraction of sp³-hybridized carbons (Fsp3) is 0.240. The van der Waals surface area contributed by atoms with Crippen LogP contribution in [0.25, 0.3) is 22.8 Å². The van der Waals surface area contributed by atoms with Crippen LogP contribution in [0.2, 0.25) is 0 Å². The number of para-hydroxylation sites is 1. The molecule has 1 saturated carbocycles. The van der Waals surface area contributed by atoms with Crippen molar-refractivity contribution in [2.75, 3.05) is 6.54 Å². The molecule has 8 nitrogen and oxygen atoms in total. The molecule has 0 N–H and O–H groups in total. The van der Waals surface area contributed by atoms with Crippen LogP contribution in [0.5, 0.6) is 5.75 Å². The first kappa shape index (κ1) is 20.6. The van der Waals surface area contributed by atoms with E-state index >= 15 is 0 Å². The number of ether oxygens (including phenoxy) is 1. The van der Waals surface area contributed by atoms with E-state index in [4.69, 9.17) is 10.00 Å². The van der Waals surface area contributed by atoms with E-state index in [1.165, 1.54) is 23.7 Å². The van der Waals surface area contributed by atoms with E-state index in [-0.39, 0.29) is 11.4 Å². The third kappa shape index (κ3) is 4.39. The Bertz CT molecular complexity index is 1380. The lowest BCUT2D eigenvalue weighted by molar-refractivity contribution is 0.494. The number of nitriles is 1. The lowest BCUT2D eigenvalue weighted by atomic mass is 10.1. The van der Waals surface area contributed by atoms with Crippen LogP contribution in [-0.4, -0.2) is 32.3 Å². The van der Waals surface area contributed by atoms with Crippen LogP contribution in [0.3, 0.4) is 0 Å². The molecular weight excluding hydrogens is 416 g/mol. The van der Waals surface area contributed by atoms with Crippen LogP contribution >= 0.6 is 0 Å². The van der Waals surface area contributed by atoms with Gasteiger partial charge in [-0.1, -0.05) is 24.3 Å². The summed E-state index contributed by atoms with van der Waals surface area (Å²) in [6.45, 7) is 2.47. The predicted octanol–water partition coefficient (Wildman–Crippen LogP) is 3.92. The number of rotatable bonds is 6. The lowest BCUT2D eigenvalue weighted by Gasteiger charge is -2.14. The SMILES string of the molecule is Cc1cc(-c2nn(C3=CC(=CCC4CC4)CN=C3)cc(OC#N)c2=O)n(-c2ccccc2)n1. The molecular formula is C25H22N6O2. The van der Waals surface area contributed by atoms with Gasteiger partial charge < -0.3 is 4.74 Å². The molecule has 0 amide bonds. The molecule has 1 fully saturated rings. The fourth-order valence-electron chi connectivity index (χ4n) is 3.76. The lowest BCUT2D eigenvalue weighted by Crippen LogP contribution is -2.19. The smallest absolute Gasteiger partial charge is 0.292 e. The van der Waals surface area contributed by atoms with E-state index in [9.17, 15) is 4.79 Å². The zero-order valence-electron chi connectivity index (χ0n) is 18.2. The summed E-state index contributed by atoms with van der Waals surface area (Å²) in [5.41, 5.74) is 3.49. The number of aromatic nitrogens is 4. The number of aliphatic imine (C=N–C) groups is 1. The fourth-order valence-corrected chi connectivity index (χ4v) is 3.76. The first-order chi connectivity index (χ1) is 16.1. The zero-order chi connectivity index (χ0) is 22.8. The topological polar surface area (TPSA) is 98.1 Å². The monoisotopic (exact) mass is 438 g/mol. The summed E-state index contributed by atoms with van der Waals surface area (Å²) >= 11 is 0. The maximum absolute atomic E-state index is 13.2. The maximum atomic E-state index is 13.2. The Labute approximate surface area is 190 Å². The molecule has 0 bridgehead atoms. The first-order valence-electron chi connectivity index (χ1n) is 10.9. The van der Waals surface area contributed by atoms with Gasteiger partial charge in [0.2, 0.25) is 5.75 Å². The van der Waals surface area contributed by atoms with Gasteiger partial charge in [-0.2, -0.15) is 10.2 Å². The second-order valence-electron chi connectivity index (χ2n) is 8.22. The van der Waals surface area contributed by atoms with Gasteiger partial charge in [-0.3, -0.25) is 9.79 Å². The second-order valence-corrected chi connectivity index (χ2v) is 8.22. The number of nitrogens with zero attached hydrogens (tertiary/aromatic N) is 6. The van der Waals surface area contributed by atoms with Gasteiger partial charge in [-0.25, -0.2) is 9.36 Å². The largest absolute Gasteiger partial charge is 0.382 e. The highest BCUT2D eigenvalue weighted by Crippen LogP contribution is 2.33. The molecule has 8 heteroatoms. The molecule has 3 aromatic rings. The normalized spacial score (nSPS) is 16.5. The molecule has 2 aromatic heterocycles. The van der Waals surface area contributed by atoms with Crippen molar-refractivity contribution in [2.24, 2.45) is 10.9 Å². The first-order valence-corrected chi connectivity index (χ1v) is 10.9. The molecule has 3 heterocycles. The van der Waals surface area contributed by atoms with E-state index in [2.05, 4.69) is 21.3 Å². The summed E-state index contributed by atoms with van der Waals surface area (Å²) in [6, 6.07) is 11.3. The summed E-state index contributed by atoms with van der Waals surface area (Å²) < 4.78 is 8.22. The second kappa shape index (κ2) is 8.71. The zero-order valence-corrected chi connectivity index (χ0v) is 18.2. The number of hydrogen-bond acceptors (Lipinski definition) is 6. The van der Waals surface area contributed by atoms with Gasteiger partial charge in [0.25, 0.3) is 11.7 Å². The number of dihydropyridines is 1. The molecule has 0 saturated heterocycles. The van der Waals surface area contributed by atoms with Crippen LogP contribution in [0.4, 0.5) is 0 Å². The molecule has 0 atom stereocenters. The molecule has 33 heavy (non-hydrogen) atoms. The van der Waals surface area contributed by atoms with Gasteiger partial charge in [-0.15, -0.1) is 5.26 Å². The third-order valence-corrected chi connectivity index (χ3v) is 5.62. The summed E-state index contributed by atoms with van der Waals surface area (Å²) in [6.07, 6.45) is 12.6. The van der Waals surface area contributed by atoms with Crippen LogP contribution in [0.15, 0.2) is 70.1 Å². The van der Waals surface area contributed by atoms with E-state index in [0.717, 1.165) is 29.3 Å². The highest BCUT2D eigenvalue weighted by molar-refractivity contribution is 6.03. The highest BCUT2D eigenvalue weighted by Gasteiger charge is 2.21. The Morgan fingerprint density at radius 3 is 2.82 bits per heavy atom. The number of allylic oxidation sites excluding steroid dienone is 2. The highest BCUT2D eigenvalue weighted by atomic mass is 16.5. The van der Waals surface area contributed by atoms with Gasteiger partial charge in [0, 0.05) is 6.21 Å². The molecule has 0 unspecified atom stereocenters. The van der Waals surface area contributed by atoms with Gasteiger partial charge in [-0.05, 0) is 62.0 Å². The van der Waals surface area contributed by atoms with Gasteiger partial charge in [0.1, 0.15) is 0 Å². The van der Waals surface area contributed by atoms with E-state index < -0.39 is 5.43 Å². The van der Waals surface area contributed by atoms with Gasteiger partial charge in [0.05, 0.1) is 35.5 Å². The summed E-state index contributed by atoms with van der Waals surface area (Å²) in [4.78, 5) is 17.6. The Morgan fingerprint density at radius 2 is 2.06 bits per heavy atom. The van der Waals surface area contributed by atoms with Crippen molar-refractivity contribution < 1.29 is 4.74 Å². The molecule has 0 spiro atoms. The maximum Gasteiger partial charge on any atom is 0.292 e. The van der Waals surface area contributed by atoms with Crippen molar-refractivity contribution in [3.05, 3.63) is 76.2 Å². The number of hydrogen-bond donors (Lipinski definition) is 0. The third-order valence-electron chi connectivity index (χ3n) is 5.62. The molecule has 1 aliphatic heterocycles. The van der Waals surface area contributed by atoms with Crippen molar-refractivity contribution in [3.8, 4) is 29.1 Å². The van der Waals surface area contributed by atoms with Crippen molar-refractivity contribution >= 4 is 11.9 Å². The summed E-state index contributed by atoms with van der Waals surface area (Å²) in [5, 5.41) is 18.3. The predicted molar refractivity (Wildman–Crippen MR) is 125 cm³/mol. The van der Waals surface area contributed by atoms with Crippen LogP contribution < -0.4 is 10.2 Å². The standard InChI is InChI=1S/C25H22N6O2/c1-17-11-22(31(28-17)20-5-3-2-4-6-20)24-25(32)23(33-16-26)15-30(29-24)21-12-19(13-27-14-21)10-9-18-7-8-18/h2-6,10-12,14-15,18H,7-9,13H2,1H3. The quantitative estimate of drug-likeness (QED) is 0.544. The van der Waals surface area contributed by atoms with Crippen LogP contribution in [0, 0.1) is 24.4 Å². The van der Waals surface area contributed by atoms with E-state index in [0.29, 0.717) is 17.9 Å². The Kier molecular flexibility index (Phi) is 5.45. The minimum absolute atomic E-state index is 0.107. The van der Waals surface area contributed by atoms with Gasteiger partial charge in [0.15, 0.2) is 5.69 Å². The van der Waals surface area contributed by atoms with Gasteiger partial charge >= 0.3 is 0 Å². The van der Waals surface area contributed by atoms with Crippen molar-refractivity contribution in [2.45, 2.75) is 26.2 Å². The van der Waals surface area contributed by atoms with Crippen molar-refractivity contribution in [3.63, 3.8) is 0 Å². The molecule has 2 aliphatic rings. The summed E-state index contributed by atoms with van der Waals surface area (Å²) in [5.74, 6) is 0.680. The van der Waals surface area contributed by atoms with Crippen molar-refractivity contribution in [1.82, 2.24) is 19.6 Å². The summed E-state index contributed by atoms with van der Waals surface area (Å²) in [7, 11) is 0. The van der Waals surface area contributed by atoms with Crippen molar-refractivity contribution in [1.29, 1.82) is 5.26 Å². The number of benzene rings is 1. The minimum Gasteiger partial charge on any atom is -0.382 e. The Balaban J connectivity index is 1.63. The van der Waals surface area contributed by atoms with Crippen LogP contribution in [-0.2, 0) is 0 Å². The average molecular weight is 438 g/mol.